The summed E-state index contributed by atoms with van der Waals surface area (Å²) in [6.45, 7) is 8.04. The highest BCUT2D eigenvalue weighted by molar-refractivity contribution is 4.91. The standard InChI is InChI=1S/C21H36O4/c1-15(17(3)25-18-7-5-4-6-8-18)11-20-13-23-21(14-22-20)12-19-10-9-16(2)24-19/h4-5,15-21H,6-14H2,1-3H3/t15?,16-,17-,18?,19?,20?,21-/m0/s1. The first-order valence-corrected chi connectivity index (χ1v) is 10.3. The summed E-state index contributed by atoms with van der Waals surface area (Å²) in [5.41, 5.74) is 0. The van der Waals surface area contributed by atoms with Gasteiger partial charge in [-0.15, -0.1) is 0 Å². The summed E-state index contributed by atoms with van der Waals surface area (Å²) < 4.78 is 24.3. The molecule has 0 aromatic rings. The second kappa shape index (κ2) is 9.50. The lowest BCUT2D eigenvalue weighted by Crippen LogP contribution is -2.39. The minimum atomic E-state index is 0.199. The van der Waals surface area contributed by atoms with E-state index >= 15 is 0 Å². The van der Waals surface area contributed by atoms with Crippen molar-refractivity contribution in [1.29, 1.82) is 0 Å². The summed E-state index contributed by atoms with van der Waals surface area (Å²) in [6, 6.07) is 0. The van der Waals surface area contributed by atoms with Crippen molar-refractivity contribution in [3.63, 3.8) is 0 Å². The normalized spacial score (nSPS) is 38.6. The van der Waals surface area contributed by atoms with Crippen LogP contribution in [-0.4, -0.2) is 49.8 Å². The van der Waals surface area contributed by atoms with Gasteiger partial charge in [0.15, 0.2) is 0 Å². The van der Waals surface area contributed by atoms with Crippen molar-refractivity contribution in [2.24, 2.45) is 5.92 Å². The largest absolute Gasteiger partial charge is 0.375 e. The van der Waals surface area contributed by atoms with Gasteiger partial charge in [0.05, 0.1) is 49.8 Å². The smallest absolute Gasteiger partial charge is 0.0834 e. The van der Waals surface area contributed by atoms with Crippen LogP contribution >= 0.6 is 0 Å². The van der Waals surface area contributed by atoms with E-state index in [1.165, 1.54) is 6.42 Å². The van der Waals surface area contributed by atoms with E-state index in [0.29, 0.717) is 37.4 Å². The fourth-order valence-corrected chi connectivity index (χ4v) is 4.14. The molecule has 0 aromatic carbocycles. The highest BCUT2D eigenvalue weighted by Crippen LogP contribution is 2.27. The van der Waals surface area contributed by atoms with E-state index in [4.69, 9.17) is 18.9 Å². The molecule has 0 saturated carbocycles. The molecule has 4 unspecified atom stereocenters. The monoisotopic (exact) mass is 352 g/mol. The van der Waals surface area contributed by atoms with Gasteiger partial charge in [0.1, 0.15) is 0 Å². The Kier molecular flexibility index (Phi) is 7.35. The molecule has 3 rings (SSSR count). The molecule has 2 saturated heterocycles. The summed E-state index contributed by atoms with van der Waals surface area (Å²) in [4.78, 5) is 0. The SMILES string of the molecule is CC(CC1CO[C@@H](CC2CC[C@H](C)O2)CO1)[C@H](C)OC1CC=CCC1. The van der Waals surface area contributed by atoms with Crippen LogP contribution in [0.25, 0.3) is 0 Å². The minimum Gasteiger partial charge on any atom is -0.375 e. The Balaban J connectivity index is 1.33. The van der Waals surface area contributed by atoms with Gasteiger partial charge in [0, 0.05) is 6.42 Å². The number of allylic oxidation sites excluding steroid dienone is 1. The van der Waals surface area contributed by atoms with Crippen molar-refractivity contribution in [3.05, 3.63) is 12.2 Å². The Morgan fingerprint density at radius 3 is 2.44 bits per heavy atom. The molecular formula is C21H36O4. The Morgan fingerprint density at radius 2 is 1.80 bits per heavy atom. The van der Waals surface area contributed by atoms with Crippen LogP contribution in [0.15, 0.2) is 12.2 Å². The summed E-state index contributed by atoms with van der Waals surface area (Å²) in [5.74, 6) is 0.482. The zero-order valence-corrected chi connectivity index (χ0v) is 16.2. The van der Waals surface area contributed by atoms with Crippen LogP contribution in [0.5, 0.6) is 0 Å². The molecule has 4 heteroatoms. The first kappa shape index (κ1) is 19.3. The molecule has 144 valence electrons. The molecule has 7 atom stereocenters. The highest BCUT2D eigenvalue weighted by atomic mass is 16.6. The number of hydrogen-bond donors (Lipinski definition) is 0. The van der Waals surface area contributed by atoms with E-state index in [2.05, 4.69) is 32.9 Å². The maximum Gasteiger partial charge on any atom is 0.0834 e. The van der Waals surface area contributed by atoms with Gasteiger partial charge in [-0.25, -0.2) is 0 Å². The average molecular weight is 353 g/mol. The quantitative estimate of drug-likeness (QED) is 0.641. The Bertz CT molecular complexity index is 416. The highest BCUT2D eigenvalue weighted by Gasteiger charge is 2.30. The maximum atomic E-state index is 6.25. The number of hydrogen-bond acceptors (Lipinski definition) is 4. The molecular weight excluding hydrogens is 316 g/mol. The van der Waals surface area contributed by atoms with E-state index in [1.807, 2.05) is 0 Å². The maximum absolute atomic E-state index is 6.25. The zero-order chi connectivity index (χ0) is 17.6. The molecule has 25 heavy (non-hydrogen) atoms. The average Bonchev–Trinajstić information content (AvgIpc) is 3.02. The van der Waals surface area contributed by atoms with Gasteiger partial charge in [0.25, 0.3) is 0 Å². The van der Waals surface area contributed by atoms with Gasteiger partial charge >= 0.3 is 0 Å². The van der Waals surface area contributed by atoms with E-state index in [9.17, 15) is 0 Å². The molecule has 3 aliphatic rings. The van der Waals surface area contributed by atoms with Crippen LogP contribution in [-0.2, 0) is 18.9 Å². The van der Waals surface area contributed by atoms with Gasteiger partial charge in [-0.2, -0.15) is 0 Å². The van der Waals surface area contributed by atoms with Gasteiger partial charge < -0.3 is 18.9 Å². The fourth-order valence-electron chi connectivity index (χ4n) is 4.14. The van der Waals surface area contributed by atoms with Crippen molar-refractivity contribution < 1.29 is 18.9 Å². The summed E-state index contributed by atoms with van der Waals surface area (Å²) >= 11 is 0. The van der Waals surface area contributed by atoms with Crippen molar-refractivity contribution in [2.45, 2.75) is 102 Å². The van der Waals surface area contributed by atoms with Crippen LogP contribution in [0.3, 0.4) is 0 Å². The second-order valence-electron chi connectivity index (χ2n) is 8.25. The van der Waals surface area contributed by atoms with Crippen LogP contribution in [0.1, 0.15) is 65.7 Å². The topological polar surface area (TPSA) is 36.9 Å². The Hall–Kier alpha value is -0.420. The van der Waals surface area contributed by atoms with Crippen LogP contribution in [0.2, 0.25) is 0 Å². The Labute approximate surface area is 153 Å². The molecule has 4 nitrogen and oxygen atoms in total. The van der Waals surface area contributed by atoms with Crippen LogP contribution in [0.4, 0.5) is 0 Å². The molecule has 0 amide bonds. The third-order valence-electron chi connectivity index (χ3n) is 5.95. The number of rotatable bonds is 7. The third kappa shape index (κ3) is 6.06. The molecule has 2 aliphatic heterocycles. The van der Waals surface area contributed by atoms with Gasteiger partial charge in [-0.05, 0) is 58.3 Å². The number of ether oxygens (including phenoxy) is 4. The lowest BCUT2D eigenvalue weighted by molar-refractivity contribution is -0.153. The molecule has 0 spiro atoms. The van der Waals surface area contributed by atoms with Gasteiger partial charge in [-0.1, -0.05) is 19.1 Å². The van der Waals surface area contributed by atoms with Crippen LogP contribution in [0, 0.1) is 5.92 Å². The molecule has 0 N–H and O–H groups in total. The van der Waals surface area contributed by atoms with E-state index in [0.717, 1.165) is 38.5 Å². The van der Waals surface area contributed by atoms with Crippen molar-refractivity contribution in [1.82, 2.24) is 0 Å². The summed E-state index contributed by atoms with van der Waals surface area (Å²) in [7, 11) is 0. The van der Waals surface area contributed by atoms with E-state index in [-0.39, 0.29) is 18.3 Å². The van der Waals surface area contributed by atoms with Crippen LogP contribution < -0.4 is 0 Å². The third-order valence-corrected chi connectivity index (χ3v) is 5.95. The predicted molar refractivity (Wildman–Crippen MR) is 98.8 cm³/mol. The lowest BCUT2D eigenvalue weighted by Gasteiger charge is -2.34. The van der Waals surface area contributed by atoms with Crippen molar-refractivity contribution >= 4 is 0 Å². The predicted octanol–water partition coefficient (Wildman–Crippen LogP) is 4.27. The summed E-state index contributed by atoms with van der Waals surface area (Å²) in [6.07, 6.45) is 14.0. The molecule has 0 radical (unpaired) electrons. The second-order valence-corrected chi connectivity index (χ2v) is 8.25. The molecule has 0 bridgehead atoms. The first-order valence-electron chi connectivity index (χ1n) is 10.3. The summed E-state index contributed by atoms with van der Waals surface area (Å²) in [5, 5.41) is 0. The first-order chi connectivity index (χ1) is 12.1. The molecule has 2 fully saturated rings. The molecule has 1 aliphatic carbocycles. The fraction of sp³-hybridized carbons (Fsp3) is 0.905. The Morgan fingerprint density at radius 1 is 1.00 bits per heavy atom. The van der Waals surface area contributed by atoms with E-state index < -0.39 is 0 Å². The van der Waals surface area contributed by atoms with Crippen molar-refractivity contribution in [3.8, 4) is 0 Å². The van der Waals surface area contributed by atoms with Gasteiger partial charge in [-0.3, -0.25) is 0 Å². The molecule has 0 aromatic heterocycles. The van der Waals surface area contributed by atoms with Gasteiger partial charge in [0.2, 0.25) is 0 Å². The minimum absolute atomic E-state index is 0.199. The molecule has 2 heterocycles. The zero-order valence-electron chi connectivity index (χ0n) is 16.2. The van der Waals surface area contributed by atoms with Crippen molar-refractivity contribution in [2.75, 3.05) is 13.2 Å². The van der Waals surface area contributed by atoms with E-state index in [1.54, 1.807) is 0 Å². The lowest BCUT2D eigenvalue weighted by atomic mass is 9.97.